The van der Waals surface area contributed by atoms with Crippen LogP contribution in [0.25, 0.3) is 0 Å². The van der Waals surface area contributed by atoms with E-state index in [0.717, 1.165) is 13.1 Å². The molecule has 3 heteroatoms. The highest BCUT2D eigenvalue weighted by Crippen LogP contribution is 2.19. The first-order valence-electron chi connectivity index (χ1n) is 5.54. The molecular weight excluding hydrogens is 174 g/mol. The Morgan fingerprint density at radius 1 is 1.14 bits per heavy atom. The second-order valence-corrected chi connectivity index (χ2v) is 5.08. The lowest BCUT2D eigenvalue weighted by Gasteiger charge is -2.49. The van der Waals surface area contributed by atoms with E-state index in [9.17, 15) is 0 Å². The number of hydrogen-bond acceptors (Lipinski definition) is 3. The summed E-state index contributed by atoms with van der Waals surface area (Å²) in [5.74, 6) is 0. The zero-order chi connectivity index (χ0) is 10.9. The highest BCUT2D eigenvalue weighted by Gasteiger charge is 2.33. The zero-order valence-electron chi connectivity index (χ0n) is 10.5. The number of likely N-dealkylation sites (N-methyl/N-ethyl adjacent to an activating group) is 1. The minimum Gasteiger partial charge on any atom is -0.303 e. The molecule has 1 heterocycles. The van der Waals surface area contributed by atoms with Crippen LogP contribution < -0.4 is 5.32 Å². The molecule has 0 saturated carbocycles. The van der Waals surface area contributed by atoms with E-state index < -0.39 is 0 Å². The maximum atomic E-state index is 3.37. The largest absolute Gasteiger partial charge is 0.303 e. The molecule has 0 aliphatic carbocycles. The number of nitrogens with one attached hydrogen (secondary N) is 1. The van der Waals surface area contributed by atoms with Crippen LogP contribution in [0.3, 0.4) is 0 Å². The molecule has 1 aliphatic rings. The van der Waals surface area contributed by atoms with E-state index in [0.29, 0.717) is 12.1 Å². The van der Waals surface area contributed by atoms with Crippen molar-refractivity contribution in [2.45, 2.75) is 45.4 Å². The fraction of sp³-hybridized carbons (Fsp3) is 1.00. The van der Waals surface area contributed by atoms with E-state index in [2.05, 4.69) is 49.9 Å². The maximum absolute atomic E-state index is 3.37. The predicted molar refractivity (Wildman–Crippen MR) is 61.4 cm³/mol. The summed E-state index contributed by atoms with van der Waals surface area (Å²) in [7, 11) is 4.26. The summed E-state index contributed by atoms with van der Waals surface area (Å²) in [6.07, 6.45) is 0. The van der Waals surface area contributed by atoms with Crippen LogP contribution in [-0.4, -0.2) is 54.7 Å². The van der Waals surface area contributed by atoms with Gasteiger partial charge in [0.2, 0.25) is 0 Å². The Labute approximate surface area is 88.5 Å². The molecule has 2 unspecified atom stereocenters. The summed E-state index contributed by atoms with van der Waals surface area (Å²) in [4.78, 5) is 4.99. The maximum Gasteiger partial charge on any atom is 0.0653 e. The standard InChI is InChI=1S/C11H25N3/c1-9-7-14(11(3,4)12-5)8-10(2)13(9)6/h9-10,12H,7-8H2,1-6H3. The summed E-state index contributed by atoms with van der Waals surface area (Å²) < 4.78 is 0. The number of nitrogens with zero attached hydrogens (tertiary/aromatic N) is 2. The van der Waals surface area contributed by atoms with Crippen molar-refractivity contribution in [3.63, 3.8) is 0 Å². The molecule has 1 N–H and O–H groups in total. The van der Waals surface area contributed by atoms with Gasteiger partial charge in [0.25, 0.3) is 0 Å². The SMILES string of the molecule is CNC(C)(C)N1CC(C)N(C)C(C)C1. The van der Waals surface area contributed by atoms with Gasteiger partial charge in [0.05, 0.1) is 5.66 Å². The van der Waals surface area contributed by atoms with Gasteiger partial charge in [-0.3, -0.25) is 9.80 Å². The fourth-order valence-corrected chi connectivity index (χ4v) is 2.02. The molecule has 1 fully saturated rings. The molecule has 84 valence electrons. The van der Waals surface area contributed by atoms with Crippen LogP contribution in [0.4, 0.5) is 0 Å². The Morgan fingerprint density at radius 3 is 1.93 bits per heavy atom. The van der Waals surface area contributed by atoms with Gasteiger partial charge in [0.1, 0.15) is 0 Å². The Bertz CT molecular complexity index is 179. The van der Waals surface area contributed by atoms with Crippen molar-refractivity contribution >= 4 is 0 Å². The Hall–Kier alpha value is -0.120. The van der Waals surface area contributed by atoms with Crippen LogP contribution in [0.15, 0.2) is 0 Å². The summed E-state index contributed by atoms with van der Waals surface area (Å²) in [6.45, 7) is 11.4. The normalized spacial score (nSPS) is 32.1. The van der Waals surface area contributed by atoms with Crippen LogP contribution in [0.1, 0.15) is 27.7 Å². The highest BCUT2D eigenvalue weighted by atomic mass is 15.4. The molecule has 0 amide bonds. The second kappa shape index (κ2) is 4.17. The third kappa shape index (κ3) is 2.27. The average molecular weight is 199 g/mol. The van der Waals surface area contributed by atoms with E-state index >= 15 is 0 Å². The molecule has 14 heavy (non-hydrogen) atoms. The first kappa shape index (κ1) is 12.0. The van der Waals surface area contributed by atoms with Gasteiger partial charge in [-0.2, -0.15) is 0 Å². The Kier molecular flexibility index (Phi) is 3.56. The van der Waals surface area contributed by atoms with Crippen molar-refractivity contribution in [3.05, 3.63) is 0 Å². The molecule has 3 nitrogen and oxygen atoms in total. The van der Waals surface area contributed by atoms with Gasteiger partial charge in [0.15, 0.2) is 0 Å². The van der Waals surface area contributed by atoms with Gasteiger partial charge in [-0.15, -0.1) is 0 Å². The van der Waals surface area contributed by atoms with E-state index in [1.165, 1.54) is 0 Å². The molecule has 1 rings (SSSR count). The zero-order valence-corrected chi connectivity index (χ0v) is 10.5. The molecule has 0 aromatic heterocycles. The lowest BCUT2D eigenvalue weighted by Crippen LogP contribution is -2.64. The van der Waals surface area contributed by atoms with Gasteiger partial charge in [0, 0.05) is 25.2 Å². The molecule has 2 atom stereocenters. The number of hydrogen-bond donors (Lipinski definition) is 1. The minimum atomic E-state index is 0.115. The molecule has 0 bridgehead atoms. The molecule has 0 radical (unpaired) electrons. The molecular formula is C11H25N3. The lowest BCUT2D eigenvalue weighted by molar-refractivity contribution is -0.00940. The van der Waals surface area contributed by atoms with Crippen LogP contribution in [-0.2, 0) is 0 Å². The van der Waals surface area contributed by atoms with Crippen LogP contribution >= 0.6 is 0 Å². The smallest absolute Gasteiger partial charge is 0.0653 e. The van der Waals surface area contributed by atoms with Gasteiger partial charge in [-0.25, -0.2) is 0 Å². The van der Waals surface area contributed by atoms with Crippen molar-refractivity contribution in [1.82, 2.24) is 15.1 Å². The van der Waals surface area contributed by atoms with E-state index in [4.69, 9.17) is 0 Å². The lowest BCUT2D eigenvalue weighted by atomic mass is 10.0. The van der Waals surface area contributed by atoms with E-state index in [1.807, 2.05) is 7.05 Å². The first-order chi connectivity index (χ1) is 6.38. The van der Waals surface area contributed by atoms with Gasteiger partial charge in [-0.05, 0) is 41.8 Å². The summed E-state index contributed by atoms with van der Waals surface area (Å²) in [6, 6.07) is 1.29. The van der Waals surface area contributed by atoms with Crippen molar-refractivity contribution in [2.24, 2.45) is 0 Å². The summed E-state index contributed by atoms with van der Waals surface area (Å²) in [5.41, 5.74) is 0.115. The van der Waals surface area contributed by atoms with Crippen molar-refractivity contribution in [2.75, 3.05) is 27.2 Å². The van der Waals surface area contributed by atoms with Gasteiger partial charge < -0.3 is 5.32 Å². The predicted octanol–water partition coefficient (Wildman–Crippen LogP) is 0.966. The second-order valence-electron chi connectivity index (χ2n) is 5.08. The number of rotatable bonds is 2. The van der Waals surface area contributed by atoms with Crippen molar-refractivity contribution in [1.29, 1.82) is 0 Å². The van der Waals surface area contributed by atoms with E-state index in [1.54, 1.807) is 0 Å². The Morgan fingerprint density at radius 2 is 1.57 bits per heavy atom. The van der Waals surface area contributed by atoms with E-state index in [-0.39, 0.29) is 5.66 Å². The minimum absolute atomic E-state index is 0.115. The molecule has 0 aromatic carbocycles. The third-order valence-corrected chi connectivity index (χ3v) is 3.76. The molecule has 0 spiro atoms. The van der Waals surface area contributed by atoms with Crippen molar-refractivity contribution < 1.29 is 0 Å². The van der Waals surface area contributed by atoms with Crippen LogP contribution in [0.5, 0.6) is 0 Å². The highest BCUT2D eigenvalue weighted by molar-refractivity contribution is 4.89. The molecule has 0 aromatic rings. The average Bonchev–Trinajstić information content (AvgIpc) is 2.13. The number of piperazine rings is 1. The van der Waals surface area contributed by atoms with Crippen molar-refractivity contribution in [3.8, 4) is 0 Å². The van der Waals surface area contributed by atoms with Gasteiger partial charge >= 0.3 is 0 Å². The molecule has 1 aliphatic heterocycles. The van der Waals surface area contributed by atoms with Gasteiger partial charge in [-0.1, -0.05) is 0 Å². The summed E-state index contributed by atoms with van der Waals surface area (Å²) in [5, 5.41) is 3.37. The monoisotopic (exact) mass is 199 g/mol. The third-order valence-electron chi connectivity index (χ3n) is 3.76. The van der Waals surface area contributed by atoms with Crippen LogP contribution in [0.2, 0.25) is 0 Å². The summed E-state index contributed by atoms with van der Waals surface area (Å²) >= 11 is 0. The fourth-order valence-electron chi connectivity index (χ4n) is 2.02. The quantitative estimate of drug-likeness (QED) is 0.715. The first-order valence-corrected chi connectivity index (χ1v) is 5.54. The topological polar surface area (TPSA) is 18.5 Å². The Balaban J connectivity index is 2.66. The van der Waals surface area contributed by atoms with Crippen LogP contribution in [0, 0.1) is 0 Å². The molecule has 1 saturated heterocycles.